The third-order valence-corrected chi connectivity index (χ3v) is 3.42. The van der Waals surface area contributed by atoms with Crippen molar-refractivity contribution < 1.29 is 4.79 Å². The van der Waals surface area contributed by atoms with Crippen LogP contribution in [0.15, 0.2) is 18.2 Å². The molecular weight excluding hydrogens is 264 g/mol. The number of hydrogen-bond acceptors (Lipinski definition) is 4. The second-order valence-corrected chi connectivity index (χ2v) is 5.53. The van der Waals surface area contributed by atoms with Crippen molar-refractivity contribution in [2.45, 2.75) is 26.8 Å². The van der Waals surface area contributed by atoms with Gasteiger partial charge in [-0.15, -0.1) is 0 Å². The Morgan fingerprint density at radius 3 is 2.52 bits per heavy atom. The zero-order valence-corrected chi connectivity index (χ0v) is 13.8. The third kappa shape index (κ3) is 4.63. The van der Waals surface area contributed by atoms with Crippen LogP contribution in [0, 0.1) is 0 Å². The highest BCUT2D eigenvalue weighted by Crippen LogP contribution is 2.25. The summed E-state index contributed by atoms with van der Waals surface area (Å²) in [6, 6.07) is 5.76. The molecule has 0 fully saturated rings. The van der Waals surface area contributed by atoms with Crippen molar-refractivity contribution in [2.75, 3.05) is 44.4 Å². The lowest BCUT2D eigenvalue weighted by molar-refractivity contribution is 0.0956. The highest BCUT2D eigenvalue weighted by atomic mass is 16.1. The van der Waals surface area contributed by atoms with Crippen LogP contribution < -0.4 is 16.0 Å². The van der Waals surface area contributed by atoms with Gasteiger partial charge in [0.2, 0.25) is 0 Å². The van der Waals surface area contributed by atoms with Crippen LogP contribution in [0.3, 0.4) is 0 Å². The molecule has 0 bridgehead atoms. The molecule has 1 atom stereocenters. The Balaban J connectivity index is 3.17. The number of likely N-dealkylation sites (N-methyl/N-ethyl adjacent to an activating group) is 2. The Hall–Kier alpha value is -1.75. The van der Waals surface area contributed by atoms with Crippen molar-refractivity contribution in [2.24, 2.45) is 0 Å². The Bertz CT molecular complexity index is 473. The maximum Gasteiger partial charge on any atom is 0.253 e. The van der Waals surface area contributed by atoms with Gasteiger partial charge in [0.1, 0.15) is 0 Å². The van der Waals surface area contributed by atoms with Crippen LogP contribution in [0.4, 0.5) is 11.4 Å². The first-order chi connectivity index (χ1) is 9.90. The van der Waals surface area contributed by atoms with E-state index in [9.17, 15) is 4.79 Å². The van der Waals surface area contributed by atoms with Crippen LogP contribution in [0.1, 0.15) is 31.1 Å². The topological polar surface area (TPSA) is 61.6 Å². The van der Waals surface area contributed by atoms with E-state index < -0.39 is 0 Å². The molecule has 0 radical (unpaired) electrons. The van der Waals surface area contributed by atoms with Crippen LogP contribution >= 0.6 is 0 Å². The maximum absolute atomic E-state index is 12.3. The number of carbonyl (C=O) groups excluding carboxylic acids is 1. The molecule has 5 nitrogen and oxygen atoms in total. The average molecular weight is 292 g/mol. The summed E-state index contributed by atoms with van der Waals surface area (Å²) < 4.78 is 0. The number of nitrogens with zero attached hydrogens (tertiary/aromatic N) is 2. The van der Waals surface area contributed by atoms with E-state index in [0.29, 0.717) is 23.8 Å². The Labute approximate surface area is 128 Å². The lowest BCUT2D eigenvalue weighted by atomic mass is 10.1. The van der Waals surface area contributed by atoms with Crippen molar-refractivity contribution >= 4 is 17.3 Å². The minimum Gasteiger partial charge on any atom is -0.399 e. The van der Waals surface area contributed by atoms with E-state index in [1.165, 1.54) is 0 Å². The highest BCUT2D eigenvalue weighted by molar-refractivity contribution is 6.00. The number of amides is 1. The van der Waals surface area contributed by atoms with Gasteiger partial charge in [-0.05, 0) is 53.1 Å². The first-order valence-corrected chi connectivity index (χ1v) is 7.49. The normalized spacial score (nSPS) is 12.3. The van der Waals surface area contributed by atoms with Gasteiger partial charge < -0.3 is 20.9 Å². The van der Waals surface area contributed by atoms with Gasteiger partial charge in [0.05, 0.1) is 11.3 Å². The number of hydrogen-bond donors (Lipinski definition) is 2. The van der Waals surface area contributed by atoms with Gasteiger partial charge in [0, 0.05) is 31.4 Å². The minimum atomic E-state index is -0.0528. The number of nitrogen functional groups attached to an aromatic ring is 1. The molecule has 1 aromatic rings. The van der Waals surface area contributed by atoms with Crippen LogP contribution in [0.25, 0.3) is 0 Å². The summed E-state index contributed by atoms with van der Waals surface area (Å²) in [4.78, 5) is 16.6. The molecule has 1 amide bonds. The fourth-order valence-electron chi connectivity index (χ4n) is 2.58. The van der Waals surface area contributed by atoms with Gasteiger partial charge in [-0.25, -0.2) is 0 Å². The molecule has 5 heteroatoms. The summed E-state index contributed by atoms with van der Waals surface area (Å²) in [5.74, 6) is -0.0528. The molecule has 0 heterocycles. The van der Waals surface area contributed by atoms with E-state index in [-0.39, 0.29) is 5.91 Å². The van der Waals surface area contributed by atoms with E-state index in [2.05, 4.69) is 29.0 Å². The van der Waals surface area contributed by atoms with Gasteiger partial charge in [0.25, 0.3) is 5.91 Å². The van der Waals surface area contributed by atoms with Crippen LogP contribution in [0.5, 0.6) is 0 Å². The zero-order valence-electron chi connectivity index (χ0n) is 13.8. The number of rotatable bonds is 7. The van der Waals surface area contributed by atoms with Crippen LogP contribution in [-0.2, 0) is 0 Å². The van der Waals surface area contributed by atoms with Crippen molar-refractivity contribution in [3.8, 4) is 0 Å². The van der Waals surface area contributed by atoms with Crippen molar-refractivity contribution in [3.63, 3.8) is 0 Å². The Kier molecular flexibility index (Phi) is 6.49. The van der Waals surface area contributed by atoms with Crippen molar-refractivity contribution in [1.82, 2.24) is 10.2 Å². The summed E-state index contributed by atoms with van der Waals surface area (Å²) in [5.41, 5.74) is 8.18. The molecule has 0 aliphatic heterocycles. The fourth-order valence-corrected chi connectivity index (χ4v) is 2.58. The van der Waals surface area contributed by atoms with Crippen molar-refractivity contribution in [3.05, 3.63) is 23.8 Å². The molecule has 0 aliphatic rings. The lowest BCUT2D eigenvalue weighted by Gasteiger charge is -2.33. The van der Waals surface area contributed by atoms with Crippen LogP contribution in [0.2, 0.25) is 0 Å². The fraction of sp³-hybridized carbons (Fsp3) is 0.562. The Morgan fingerprint density at radius 1 is 1.33 bits per heavy atom. The second kappa shape index (κ2) is 7.88. The zero-order chi connectivity index (χ0) is 16.0. The number of nitrogens with two attached hydrogens (primary N) is 1. The average Bonchev–Trinajstić information content (AvgIpc) is 2.39. The van der Waals surface area contributed by atoms with Gasteiger partial charge in [0.15, 0.2) is 0 Å². The second-order valence-electron chi connectivity index (χ2n) is 5.53. The van der Waals surface area contributed by atoms with Crippen LogP contribution in [-0.4, -0.2) is 50.6 Å². The monoisotopic (exact) mass is 292 g/mol. The van der Waals surface area contributed by atoms with E-state index >= 15 is 0 Å². The highest BCUT2D eigenvalue weighted by Gasteiger charge is 2.20. The predicted octanol–water partition coefficient (Wildman–Crippen LogP) is 1.79. The van der Waals surface area contributed by atoms with E-state index in [1.54, 1.807) is 12.1 Å². The molecule has 1 aromatic carbocycles. The number of anilines is 2. The molecular formula is C16H28N4O. The van der Waals surface area contributed by atoms with Gasteiger partial charge in [-0.2, -0.15) is 0 Å². The van der Waals surface area contributed by atoms with Gasteiger partial charge in [-0.1, -0.05) is 0 Å². The Morgan fingerprint density at radius 2 is 2.00 bits per heavy atom. The predicted molar refractivity (Wildman–Crippen MR) is 89.9 cm³/mol. The number of carbonyl (C=O) groups is 1. The smallest absolute Gasteiger partial charge is 0.253 e. The van der Waals surface area contributed by atoms with Crippen molar-refractivity contribution in [1.29, 1.82) is 0 Å². The molecule has 1 rings (SSSR count). The van der Waals surface area contributed by atoms with E-state index in [1.807, 2.05) is 27.1 Å². The standard InChI is InChI=1S/C16H28N4O/c1-6-18-16(21)14-9-8-13(17)10-15(14)20(7-2)12(3)11-19(4)5/h8-10,12H,6-7,11,17H2,1-5H3,(H,18,21). The summed E-state index contributed by atoms with van der Waals surface area (Å²) in [5, 5.41) is 2.86. The quantitative estimate of drug-likeness (QED) is 0.752. The summed E-state index contributed by atoms with van der Waals surface area (Å²) >= 11 is 0. The lowest BCUT2D eigenvalue weighted by Crippen LogP contribution is -2.41. The van der Waals surface area contributed by atoms with E-state index in [4.69, 9.17) is 5.73 Å². The molecule has 0 spiro atoms. The molecule has 118 valence electrons. The third-order valence-electron chi connectivity index (χ3n) is 3.42. The van der Waals surface area contributed by atoms with E-state index in [0.717, 1.165) is 18.8 Å². The molecule has 0 saturated carbocycles. The molecule has 0 aromatic heterocycles. The molecule has 21 heavy (non-hydrogen) atoms. The molecule has 0 aliphatic carbocycles. The number of benzene rings is 1. The summed E-state index contributed by atoms with van der Waals surface area (Å²) in [6.07, 6.45) is 0. The number of nitrogens with one attached hydrogen (secondary N) is 1. The summed E-state index contributed by atoms with van der Waals surface area (Å²) in [6.45, 7) is 8.52. The molecule has 0 saturated heterocycles. The van der Waals surface area contributed by atoms with Gasteiger partial charge >= 0.3 is 0 Å². The maximum atomic E-state index is 12.3. The summed E-state index contributed by atoms with van der Waals surface area (Å²) in [7, 11) is 4.10. The molecule has 3 N–H and O–H groups in total. The largest absolute Gasteiger partial charge is 0.399 e. The van der Waals surface area contributed by atoms with Gasteiger partial charge in [-0.3, -0.25) is 4.79 Å². The molecule has 1 unspecified atom stereocenters. The first kappa shape index (κ1) is 17.3. The SMILES string of the molecule is CCNC(=O)c1ccc(N)cc1N(CC)C(C)CN(C)C. The first-order valence-electron chi connectivity index (χ1n) is 7.49. The minimum absolute atomic E-state index is 0.0528.